The minimum atomic E-state index is -1.00. The molecule has 26 heavy (non-hydrogen) atoms. The first-order chi connectivity index (χ1) is 12.3. The number of aryl methyl sites for hydroxylation is 1. The maximum Gasteiger partial charge on any atom is 0.345 e. The second-order valence-corrected chi connectivity index (χ2v) is 6.44. The third kappa shape index (κ3) is 5.64. The van der Waals surface area contributed by atoms with E-state index in [1.807, 2.05) is 0 Å². The molecule has 7 nitrogen and oxygen atoms in total. The van der Waals surface area contributed by atoms with E-state index in [0.29, 0.717) is 21.4 Å². The number of nitrogens with one attached hydrogen (secondary N) is 1. The van der Waals surface area contributed by atoms with Gasteiger partial charge < -0.3 is 19.3 Å². The van der Waals surface area contributed by atoms with Crippen molar-refractivity contribution in [3.05, 3.63) is 45.6 Å². The molecule has 1 N–H and O–H groups in total. The molecule has 2 aromatic rings. The van der Waals surface area contributed by atoms with Crippen LogP contribution in [0.2, 0.25) is 10.0 Å². The predicted octanol–water partition coefficient (Wildman–Crippen LogP) is 3.48. The topological polar surface area (TPSA) is 90.7 Å². The van der Waals surface area contributed by atoms with Crippen molar-refractivity contribution < 1.29 is 23.6 Å². The number of hydrogen-bond acceptors (Lipinski definition) is 6. The average molecular weight is 401 g/mol. The summed E-state index contributed by atoms with van der Waals surface area (Å²) in [6.45, 7) is 4.53. The monoisotopic (exact) mass is 400 g/mol. The number of carbonyl (C=O) groups is 2. The van der Waals surface area contributed by atoms with E-state index >= 15 is 0 Å². The number of nitrogens with zero attached hydrogens (tertiary/aromatic N) is 1. The van der Waals surface area contributed by atoms with Crippen molar-refractivity contribution >= 4 is 35.1 Å². The molecule has 0 aliphatic rings. The minimum Gasteiger partial charge on any atom is -0.463 e. The number of amides is 1. The number of rotatable bonds is 7. The first kappa shape index (κ1) is 20.1. The Morgan fingerprint density at radius 1 is 1.27 bits per heavy atom. The molecule has 2 atom stereocenters. The fourth-order valence-corrected chi connectivity index (χ4v) is 2.66. The molecule has 0 radical (unpaired) electrons. The van der Waals surface area contributed by atoms with Crippen LogP contribution >= 0.6 is 23.2 Å². The van der Waals surface area contributed by atoms with Crippen molar-refractivity contribution in [2.75, 3.05) is 6.61 Å². The SMILES string of the molecule is Cc1cc(OCC(=O)O[C@@H](C)C(=O)N[C@@H](C)c2ccc(Cl)cc2Cl)no1. The third-order valence-electron chi connectivity index (χ3n) is 3.41. The quantitative estimate of drug-likeness (QED) is 0.715. The first-order valence-corrected chi connectivity index (χ1v) is 8.52. The van der Waals surface area contributed by atoms with E-state index in [1.54, 1.807) is 32.0 Å². The van der Waals surface area contributed by atoms with Crippen LogP contribution in [0.15, 0.2) is 28.8 Å². The van der Waals surface area contributed by atoms with Gasteiger partial charge in [-0.2, -0.15) is 0 Å². The van der Waals surface area contributed by atoms with Crippen molar-refractivity contribution in [2.45, 2.75) is 32.9 Å². The summed E-state index contributed by atoms with van der Waals surface area (Å²) in [7, 11) is 0. The second kappa shape index (κ2) is 8.91. The van der Waals surface area contributed by atoms with E-state index in [0.717, 1.165) is 0 Å². The summed E-state index contributed by atoms with van der Waals surface area (Å²) in [5, 5.41) is 7.25. The highest BCUT2D eigenvalue weighted by atomic mass is 35.5. The van der Waals surface area contributed by atoms with Crippen molar-refractivity contribution in [1.29, 1.82) is 0 Å². The molecule has 1 aromatic heterocycles. The molecular formula is C17H18Cl2N2O5. The summed E-state index contributed by atoms with van der Waals surface area (Å²) in [6, 6.07) is 6.13. The molecule has 1 amide bonds. The lowest BCUT2D eigenvalue weighted by molar-refractivity contribution is -0.156. The first-order valence-electron chi connectivity index (χ1n) is 7.77. The van der Waals surface area contributed by atoms with E-state index in [4.69, 9.17) is 37.2 Å². The number of carbonyl (C=O) groups excluding carboxylic acids is 2. The van der Waals surface area contributed by atoms with E-state index < -0.39 is 18.0 Å². The molecule has 0 saturated carbocycles. The highest BCUT2D eigenvalue weighted by molar-refractivity contribution is 6.35. The van der Waals surface area contributed by atoms with E-state index in [2.05, 4.69) is 10.5 Å². The number of aromatic nitrogens is 1. The highest BCUT2D eigenvalue weighted by Gasteiger charge is 2.21. The van der Waals surface area contributed by atoms with Gasteiger partial charge in [0.25, 0.3) is 11.8 Å². The Hall–Kier alpha value is -2.25. The standard InChI is InChI=1S/C17H18Cl2N2O5/c1-9-6-15(21-26-9)24-8-16(22)25-11(3)17(23)20-10(2)13-5-4-12(18)7-14(13)19/h4-7,10-11H,8H2,1-3H3,(H,20,23)/t10-,11-/m0/s1. The molecule has 2 rings (SSSR count). The molecule has 0 unspecified atom stereocenters. The van der Waals surface area contributed by atoms with Gasteiger partial charge >= 0.3 is 5.97 Å². The molecule has 1 aromatic carbocycles. The largest absolute Gasteiger partial charge is 0.463 e. The molecule has 0 fully saturated rings. The normalized spacial score (nSPS) is 13.0. The molecule has 0 bridgehead atoms. The minimum absolute atomic E-state index is 0.169. The van der Waals surface area contributed by atoms with Crippen LogP contribution in [0.5, 0.6) is 5.88 Å². The molecule has 9 heteroatoms. The van der Waals surface area contributed by atoms with Gasteiger partial charge in [-0.3, -0.25) is 4.79 Å². The molecule has 0 spiro atoms. The van der Waals surface area contributed by atoms with Crippen LogP contribution in [0.25, 0.3) is 0 Å². The summed E-state index contributed by atoms with van der Waals surface area (Å²) < 4.78 is 15.0. The molecule has 0 saturated heterocycles. The summed E-state index contributed by atoms with van der Waals surface area (Å²) >= 11 is 12.0. The van der Waals surface area contributed by atoms with Gasteiger partial charge in [-0.1, -0.05) is 29.3 Å². The van der Waals surface area contributed by atoms with E-state index in [1.165, 1.54) is 13.0 Å². The van der Waals surface area contributed by atoms with Crippen molar-refractivity contribution in [1.82, 2.24) is 10.5 Å². The summed E-state index contributed by atoms with van der Waals surface area (Å²) in [4.78, 5) is 24.0. The lowest BCUT2D eigenvalue weighted by Crippen LogP contribution is -2.38. The van der Waals surface area contributed by atoms with Gasteiger partial charge in [0, 0.05) is 16.1 Å². The smallest absolute Gasteiger partial charge is 0.345 e. The predicted molar refractivity (Wildman–Crippen MR) is 95.3 cm³/mol. The van der Waals surface area contributed by atoms with Crippen molar-refractivity contribution in [3.63, 3.8) is 0 Å². The van der Waals surface area contributed by atoms with Crippen LogP contribution in [-0.4, -0.2) is 29.7 Å². The zero-order valence-corrected chi connectivity index (χ0v) is 15.9. The van der Waals surface area contributed by atoms with Crippen LogP contribution in [0.4, 0.5) is 0 Å². The Labute approximate surface area is 160 Å². The van der Waals surface area contributed by atoms with E-state index in [9.17, 15) is 9.59 Å². The maximum atomic E-state index is 12.2. The molecule has 1 heterocycles. The van der Waals surface area contributed by atoms with Gasteiger partial charge in [0.15, 0.2) is 12.7 Å². The lowest BCUT2D eigenvalue weighted by atomic mass is 10.1. The van der Waals surface area contributed by atoms with Crippen LogP contribution in [0.1, 0.15) is 31.2 Å². The molecule has 140 valence electrons. The zero-order valence-electron chi connectivity index (χ0n) is 14.4. The number of halogens is 2. The summed E-state index contributed by atoms with van der Waals surface area (Å²) in [5.74, 6) is -0.446. The second-order valence-electron chi connectivity index (χ2n) is 5.59. The maximum absolute atomic E-state index is 12.2. The van der Waals surface area contributed by atoms with Gasteiger partial charge in [0.05, 0.1) is 6.04 Å². The van der Waals surface area contributed by atoms with Gasteiger partial charge in [0.1, 0.15) is 5.76 Å². The number of benzene rings is 1. The number of ether oxygens (including phenoxy) is 2. The number of esters is 1. The third-order valence-corrected chi connectivity index (χ3v) is 3.97. The van der Waals surface area contributed by atoms with E-state index in [-0.39, 0.29) is 18.5 Å². The van der Waals surface area contributed by atoms with Crippen LogP contribution in [0.3, 0.4) is 0 Å². The fraction of sp³-hybridized carbons (Fsp3) is 0.353. The van der Waals surface area contributed by atoms with Crippen LogP contribution < -0.4 is 10.1 Å². The molecule has 0 aliphatic carbocycles. The molecular weight excluding hydrogens is 383 g/mol. The Balaban J connectivity index is 1.83. The van der Waals surface area contributed by atoms with Gasteiger partial charge in [0.2, 0.25) is 0 Å². The summed E-state index contributed by atoms with van der Waals surface area (Å²) in [5.41, 5.74) is 0.702. The number of hydrogen-bond donors (Lipinski definition) is 1. The zero-order chi connectivity index (χ0) is 19.3. The van der Waals surface area contributed by atoms with Gasteiger partial charge in [-0.15, -0.1) is 0 Å². The van der Waals surface area contributed by atoms with Crippen LogP contribution in [0, 0.1) is 6.92 Å². The fourth-order valence-electron chi connectivity index (χ4n) is 2.09. The Morgan fingerprint density at radius 2 is 2.00 bits per heavy atom. The van der Waals surface area contributed by atoms with Crippen LogP contribution in [-0.2, 0) is 14.3 Å². The Kier molecular flexibility index (Phi) is 6.88. The van der Waals surface area contributed by atoms with Crippen molar-refractivity contribution in [3.8, 4) is 5.88 Å². The Morgan fingerprint density at radius 3 is 2.62 bits per heavy atom. The van der Waals surface area contributed by atoms with Gasteiger partial charge in [-0.25, -0.2) is 4.79 Å². The Bertz CT molecular complexity index is 793. The summed E-state index contributed by atoms with van der Waals surface area (Å²) in [6.07, 6.45) is -1.00. The average Bonchev–Trinajstić information content (AvgIpc) is 2.98. The molecule has 0 aliphatic heterocycles. The van der Waals surface area contributed by atoms with Crippen molar-refractivity contribution in [2.24, 2.45) is 0 Å². The lowest BCUT2D eigenvalue weighted by Gasteiger charge is -2.19. The highest BCUT2D eigenvalue weighted by Crippen LogP contribution is 2.26. The van der Waals surface area contributed by atoms with Gasteiger partial charge in [-0.05, 0) is 43.6 Å².